The van der Waals surface area contributed by atoms with Crippen LogP contribution in [0.3, 0.4) is 0 Å². The maximum Gasteiger partial charge on any atom is 0.240 e. The van der Waals surface area contributed by atoms with E-state index in [0.29, 0.717) is 17.6 Å². The molecule has 1 unspecified atom stereocenters. The predicted molar refractivity (Wildman–Crippen MR) is 91.6 cm³/mol. The molecule has 0 fully saturated rings. The van der Waals surface area contributed by atoms with Gasteiger partial charge in [0.25, 0.3) is 0 Å². The molecule has 0 aliphatic carbocycles. The van der Waals surface area contributed by atoms with Gasteiger partial charge in [-0.25, -0.2) is 13.1 Å². The van der Waals surface area contributed by atoms with E-state index >= 15 is 0 Å². The normalized spacial score (nSPS) is 13.6. The number of hydrogen-bond donors (Lipinski definition) is 2. The van der Waals surface area contributed by atoms with E-state index < -0.39 is 10.0 Å². The summed E-state index contributed by atoms with van der Waals surface area (Å²) in [5.74, 6) is 0.731. The fourth-order valence-electron chi connectivity index (χ4n) is 1.78. The van der Waals surface area contributed by atoms with Crippen molar-refractivity contribution < 1.29 is 8.42 Å². The summed E-state index contributed by atoms with van der Waals surface area (Å²) < 4.78 is 27.3. The summed E-state index contributed by atoms with van der Waals surface area (Å²) in [4.78, 5) is 0.250. The standard InChI is InChI=1S/C14H23ClN2O2S2/c1-10(2)16-8-12-7-13(5-6-14(12)15)21(18,19)17-11(3)9-20-4/h5-7,10-11,16-17H,8-9H2,1-4H3. The second-order valence-corrected chi connectivity index (χ2v) is 8.30. The summed E-state index contributed by atoms with van der Waals surface area (Å²) in [6.07, 6.45) is 1.95. The van der Waals surface area contributed by atoms with Gasteiger partial charge in [-0.15, -0.1) is 0 Å². The Bertz CT molecular complexity index is 562. The molecule has 0 radical (unpaired) electrons. The zero-order valence-electron chi connectivity index (χ0n) is 12.8. The predicted octanol–water partition coefficient (Wildman–Crippen LogP) is 2.87. The second-order valence-electron chi connectivity index (χ2n) is 5.27. The molecule has 0 saturated carbocycles. The Morgan fingerprint density at radius 2 is 1.95 bits per heavy atom. The molecule has 21 heavy (non-hydrogen) atoms. The molecule has 0 saturated heterocycles. The first-order valence-corrected chi connectivity index (χ1v) is 10.0. The SMILES string of the molecule is CSCC(C)NS(=O)(=O)c1ccc(Cl)c(CNC(C)C)c1. The molecule has 0 bridgehead atoms. The van der Waals surface area contributed by atoms with Gasteiger partial charge in [0.05, 0.1) is 4.90 Å². The summed E-state index contributed by atoms with van der Waals surface area (Å²) >= 11 is 7.73. The highest BCUT2D eigenvalue weighted by molar-refractivity contribution is 7.98. The first-order valence-electron chi connectivity index (χ1n) is 6.79. The quantitative estimate of drug-likeness (QED) is 0.757. The lowest BCUT2D eigenvalue weighted by atomic mass is 10.2. The first kappa shape index (κ1) is 18.8. The van der Waals surface area contributed by atoms with Crippen molar-refractivity contribution in [1.29, 1.82) is 0 Å². The third kappa shape index (κ3) is 6.16. The van der Waals surface area contributed by atoms with Crippen molar-refractivity contribution in [3.63, 3.8) is 0 Å². The van der Waals surface area contributed by atoms with Crippen molar-refractivity contribution in [3.05, 3.63) is 28.8 Å². The van der Waals surface area contributed by atoms with Crippen molar-refractivity contribution in [2.75, 3.05) is 12.0 Å². The highest BCUT2D eigenvalue weighted by Crippen LogP contribution is 2.21. The van der Waals surface area contributed by atoms with E-state index in [0.717, 1.165) is 11.3 Å². The smallest absolute Gasteiger partial charge is 0.240 e. The van der Waals surface area contributed by atoms with Crippen LogP contribution in [0.4, 0.5) is 0 Å². The first-order chi connectivity index (χ1) is 9.76. The Hall–Kier alpha value is -0.270. The molecule has 2 N–H and O–H groups in total. The molecule has 0 aromatic heterocycles. The highest BCUT2D eigenvalue weighted by atomic mass is 35.5. The molecular weight excluding hydrogens is 328 g/mol. The summed E-state index contributed by atoms with van der Waals surface area (Å²) in [5.41, 5.74) is 0.783. The van der Waals surface area contributed by atoms with Crippen LogP contribution in [0.1, 0.15) is 26.3 Å². The van der Waals surface area contributed by atoms with Crippen LogP contribution in [0.15, 0.2) is 23.1 Å². The maximum absolute atomic E-state index is 12.3. The molecule has 0 amide bonds. The summed E-state index contributed by atoms with van der Waals surface area (Å²) in [6, 6.07) is 4.99. The third-order valence-corrected chi connectivity index (χ3v) is 5.59. The van der Waals surface area contributed by atoms with E-state index in [1.54, 1.807) is 23.9 Å². The topological polar surface area (TPSA) is 58.2 Å². The van der Waals surface area contributed by atoms with E-state index in [2.05, 4.69) is 10.0 Å². The minimum atomic E-state index is -3.51. The van der Waals surface area contributed by atoms with Crippen LogP contribution in [0, 0.1) is 0 Å². The number of benzene rings is 1. The average molecular weight is 351 g/mol. The molecule has 0 heterocycles. The van der Waals surface area contributed by atoms with Crippen molar-refractivity contribution in [2.45, 2.75) is 44.3 Å². The minimum absolute atomic E-state index is 0.113. The van der Waals surface area contributed by atoms with Gasteiger partial charge >= 0.3 is 0 Å². The molecule has 0 aliphatic heterocycles. The van der Waals surface area contributed by atoms with E-state index in [4.69, 9.17) is 11.6 Å². The lowest BCUT2D eigenvalue weighted by molar-refractivity contribution is 0.570. The molecule has 7 heteroatoms. The van der Waals surface area contributed by atoms with Gasteiger partial charge < -0.3 is 5.32 Å². The lowest BCUT2D eigenvalue weighted by Crippen LogP contribution is -2.34. The number of nitrogens with one attached hydrogen (secondary N) is 2. The molecule has 120 valence electrons. The molecule has 1 rings (SSSR count). The van der Waals surface area contributed by atoms with E-state index in [-0.39, 0.29) is 10.9 Å². The Morgan fingerprint density at radius 1 is 1.29 bits per heavy atom. The fraction of sp³-hybridized carbons (Fsp3) is 0.571. The van der Waals surface area contributed by atoms with Gasteiger partial charge in [0.15, 0.2) is 0 Å². The van der Waals surface area contributed by atoms with Crippen molar-refractivity contribution in [3.8, 4) is 0 Å². The minimum Gasteiger partial charge on any atom is -0.310 e. The van der Waals surface area contributed by atoms with Crippen LogP contribution >= 0.6 is 23.4 Å². The second kappa shape index (κ2) is 8.39. The number of hydrogen-bond acceptors (Lipinski definition) is 4. The van der Waals surface area contributed by atoms with Gasteiger partial charge in [-0.1, -0.05) is 25.4 Å². The zero-order valence-corrected chi connectivity index (χ0v) is 15.2. The molecule has 1 atom stereocenters. The van der Waals surface area contributed by atoms with Crippen LogP contribution in [-0.4, -0.2) is 32.5 Å². The maximum atomic E-state index is 12.3. The van der Waals surface area contributed by atoms with Gasteiger partial charge in [0.1, 0.15) is 0 Å². The number of thioether (sulfide) groups is 1. The van der Waals surface area contributed by atoms with Crippen molar-refractivity contribution in [1.82, 2.24) is 10.0 Å². The van der Waals surface area contributed by atoms with Gasteiger partial charge in [-0.05, 0) is 36.9 Å². The van der Waals surface area contributed by atoms with Gasteiger partial charge in [0, 0.05) is 29.4 Å². The van der Waals surface area contributed by atoms with Crippen molar-refractivity contribution in [2.24, 2.45) is 0 Å². The summed E-state index contributed by atoms with van der Waals surface area (Å²) in [6.45, 7) is 6.45. The van der Waals surface area contributed by atoms with Crippen LogP contribution in [0.25, 0.3) is 0 Å². The fourth-order valence-corrected chi connectivity index (χ4v) is 3.95. The highest BCUT2D eigenvalue weighted by Gasteiger charge is 2.18. The monoisotopic (exact) mass is 350 g/mol. The number of sulfonamides is 1. The molecule has 4 nitrogen and oxygen atoms in total. The van der Waals surface area contributed by atoms with Gasteiger partial charge in [0.2, 0.25) is 10.0 Å². The molecule has 0 spiro atoms. The van der Waals surface area contributed by atoms with Gasteiger partial charge in [-0.3, -0.25) is 0 Å². The Labute approximate surface area is 137 Å². The summed E-state index contributed by atoms with van der Waals surface area (Å²) in [7, 11) is -3.51. The van der Waals surface area contributed by atoms with Crippen LogP contribution in [-0.2, 0) is 16.6 Å². The van der Waals surface area contributed by atoms with E-state index in [9.17, 15) is 8.42 Å². The molecular formula is C14H23ClN2O2S2. The zero-order chi connectivity index (χ0) is 16.0. The molecule has 0 aliphatic rings. The van der Waals surface area contributed by atoms with E-state index in [1.807, 2.05) is 27.0 Å². The van der Waals surface area contributed by atoms with E-state index in [1.165, 1.54) is 6.07 Å². The van der Waals surface area contributed by atoms with Crippen LogP contribution in [0.2, 0.25) is 5.02 Å². The van der Waals surface area contributed by atoms with Crippen molar-refractivity contribution >= 4 is 33.4 Å². The number of halogens is 1. The summed E-state index contributed by atoms with van der Waals surface area (Å²) in [5, 5.41) is 3.81. The third-order valence-electron chi connectivity index (χ3n) is 2.80. The Kier molecular flexibility index (Phi) is 7.50. The van der Waals surface area contributed by atoms with Gasteiger partial charge in [-0.2, -0.15) is 11.8 Å². The molecule has 1 aromatic carbocycles. The lowest BCUT2D eigenvalue weighted by Gasteiger charge is -2.15. The Balaban J connectivity index is 2.94. The average Bonchev–Trinajstić information content (AvgIpc) is 2.36. The largest absolute Gasteiger partial charge is 0.310 e. The van der Waals surface area contributed by atoms with Crippen LogP contribution < -0.4 is 10.0 Å². The number of rotatable bonds is 8. The molecule has 1 aromatic rings. The Morgan fingerprint density at radius 3 is 2.52 bits per heavy atom. The van der Waals surface area contributed by atoms with Crippen LogP contribution in [0.5, 0.6) is 0 Å².